The maximum Gasteiger partial charge on any atom is 0.370 e. The zero-order valence-electron chi connectivity index (χ0n) is 18.6. The number of hydrogen-bond acceptors (Lipinski definition) is 1. The van der Waals surface area contributed by atoms with E-state index in [0.29, 0.717) is 12.3 Å². The second-order valence-electron chi connectivity index (χ2n) is 8.98. The number of halogens is 4. The topological polar surface area (TPSA) is 9.23 Å². The van der Waals surface area contributed by atoms with Crippen LogP contribution in [0.4, 0.5) is 17.6 Å². The number of hydrogen-bond donors (Lipinski definition) is 0. The van der Waals surface area contributed by atoms with Crippen LogP contribution < -0.4 is 0 Å². The molecule has 0 saturated heterocycles. The van der Waals surface area contributed by atoms with Crippen LogP contribution in [0.3, 0.4) is 0 Å². The fourth-order valence-electron chi connectivity index (χ4n) is 4.80. The van der Waals surface area contributed by atoms with Crippen molar-refractivity contribution in [3.05, 3.63) is 53.3 Å². The van der Waals surface area contributed by atoms with Crippen LogP contribution in [-0.2, 0) is 11.2 Å². The van der Waals surface area contributed by atoms with E-state index in [1.165, 1.54) is 50.7 Å². The largest absolute Gasteiger partial charge is 0.491 e. The summed E-state index contributed by atoms with van der Waals surface area (Å²) in [5.41, 5.74) is 0.404. The van der Waals surface area contributed by atoms with Gasteiger partial charge in [-0.15, -0.1) is 0 Å². The lowest BCUT2D eigenvalue weighted by Crippen LogP contribution is -2.45. The summed E-state index contributed by atoms with van der Waals surface area (Å²) in [6.07, 6.45) is 11.7. The highest BCUT2D eigenvalue weighted by molar-refractivity contribution is 5.75. The number of rotatable bonds is 9. The standard InChI is InChI=1S/C26H34F4O/c1-3-6-20-8-10-21(11-9-20)7-5-18-31-24-17-16-23(25(27,28)26(24,29)30)22-14-12-19(4-2)13-15-22/h12-17,20-21H,3-11,18H2,1-2H3. The van der Waals surface area contributed by atoms with Crippen molar-refractivity contribution >= 4 is 5.57 Å². The zero-order chi connectivity index (χ0) is 22.5. The molecule has 0 bridgehead atoms. The number of aryl methyl sites for hydroxylation is 1. The molecule has 0 heterocycles. The molecule has 31 heavy (non-hydrogen) atoms. The Balaban J connectivity index is 1.57. The molecule has 0 unspecified atom stereocenters. The first-order valence-corrected chi connectivity index (χ1v) is 11.7. The molecular weight excluding hydrogens is 404 g/mol. The van der Waals surface area contributed by atoms with Gasteiger partial charge in [-0.25, -0.2) is 0 Å². The first kappa shape index (κ1) is 23.9. The molecule has 0 aliphatic heterocycles. The number of ether oxygens (including phenoxy) is 1. The lowest BCUT2D eigenvalue weighted by molar-refractivity contribution is -0.172. The van der Waals surface area contributed by atoms with E-state index in [1.54, 1.807) is 12.1 Å². The number of benzene rings is 1. The summed E-state index contributed by atoms with van der Waals surface area (Å²) < 4.78 is 63.9. The maximum atomic E-state index is 14.7. The summed E-state index contributed by atoms with van der Waals surface area (Å²) in [7, 11) is 0. The van der Waals surface area contributed by atoms with Crippen molar-refractivity contribution < 1.29 is 22.3 Å². The smallest absolute Gasteiger partial charge is 0.370 e. The zero-order valence-corrected chi connectivity index (χ0v) is 18.6. The Morgan fingerprint density at radius 2 is 1.45 bits per heavy atom. The Morgan fingerprint density at radius 1 is 0.839 bits per heavy atom. The normalized spacial score (nSPS) is 25.0. The Morgan fingerprint density at radius 3 is 2.03 bits per heavy atom. The van der Waals surface area contributed by atoms with Gasteiger partial charge in [0.15, 0.2) is 5.76 Å². The monoisotopic (exact) mass is 438 g/mol. The van der Waals surface area contributed by atoms with Gasteiger partial charge in [-0.1, -0.05) is 76.6 Å². The molecule has 0 spiro atoms. The first-order valence-electron chi connectivity index (χ1n) is 11.7. The quantitative estimate of drug-likeness (QED) is 0.279. The molecule has 0 N–H and O–H groups in total. The minimum atomic E-state index is -4.36. The molecule has 3 rings (SSSR count). The Bertz CT molecular complexity index is 771. The number of alkyl halides is 4. The van der Waals surface area contributed by atoms with Crippen LogP contribution in [0.2, 0.25) is 0 Å². The highest BCUT2D eigenvalue weighted by Crippen LogP contribution is 2.51. The van der Waals surface area contributed by atoms with Crippen LogP contribution in [0, 0.1) is 11.8 Å². The van der Waals surface area contributed by atoms with Crippen LogP contribution in [0.1, 0.15) is 76.3 Å². The van der Waals surface area contributed by atoms with Crippen molar-refractivity contribution in [2.24, 2.45) is 11.8 Å². The molecule has 1 fully saturated rings. The predicted molar refractivity (Wildman–Crippen MR) is 117 cm³/mol. The first-order chi connectivity index (χ1) is 14.8. The predicted octanol–water partition coefficient (Wildman–Crippen LogP) is 8.20. The van der Waals surface area contributed by atoms with E-state index in [4.69, 9.17) is 4.74 Å². The van der Waals surface area contributed by atoms with Crippen LogP contribution in [-0.4, -0.2) is 18.5 Å². The van der Waals surface area contributed by atoms with Gasteiger partial charge < -0.3 is 4.74 Å². The van der Waals surface area contributed by atoms with Crippen LogP contribution >= 0.6 is 0 Å². The van der Waals surface area contributed by atoms with Gasteiger partial charge in [-0.3, -0.25) is 0 Å². The van der Waals surface area contributed by atoms with E-state index in [2.05, 4.69) is 6.92 Å². The van der Waals surface area contributed by atoms with Crippen LogP contribution in [0.5, 0.6) is 0 Å². The van der Waals surface area contributed by atoms with E-state index in [0.717, 1.165) is 36.5 Å². The molecule has 5 heteroatoms. The molecule has 1 aromatic carbocycles. The van der Waals surface area contributed by atoms with Crippen molar-refractivity contribution in [1.29, 1.82) is 0 Å². The minimum absolute atomic E-state index is 0.0424. The van der Waals surface area contributed by atoms with Crippen molar-refractivity contribution in [3.63, 3.8) is 0 Å². The maximum absolute atomic E-state index is 14.7. The fourth-order valence-corrected chi connectivity index (χ4v) is 4.80. The molecule has 1 nitrogen and oxygen atoms in total. The third-order valence-electron chi connectivity index (χ3n) is 6.79. The van der Waals surface area contributed by atoms with Gasteiger partial charge in [0.25, 0.3) is 0 Å². The van der Waals surface area contributed by atoms with Crippen molar-refractivity contribution in [1.82, 2.24) is 0 Å². The second kappa shape index (κ2) is 10.2. The van der Waals surface area contributed by atoms with Crippen LogP contribution in [0.25, 0.3) is 5.57 Å². The highest BCUT2D eigenvalue weighted by Gasteiger charge is 2.63. The van der Waals surface area contributed by atoms with Gasteiger partial charge in [0.05, 0.1) is 6.61 Å². The van der Waals surface area contributed by atoms with E-state index >= 15 is 0 Å². The molecule has 1 aromatic rings. The molecule has 172 valence electrons. The summed E-state index contributed by atoms with van der Waals surface area (Å²) in [5, 5.41) is 0. The summed E-state index contributed by atoms with van der Waals surface area (Å²) in [6, 6.07) is 6.33. The van der Waals surface area contributed by atoms with E-state index in [9.17, 15) is 17.6 Å². The average Bonchev–Trinajstić information content (AvgIpc) is 2.76. The van der Waals surface area contributed by atoms with Gasteiger partial charge in [-0.05, 0) is 54.4 Å². The van der Waals surface area contributed by atoms with Gasteiger partial charge in [-0.2, -0.15) is 17.6 Å². The molecule has 0 amide bonds. The molecule has 2 aliphatic carbocycles. The summed E-state index contributed by atoms with van der Waals surface area (Å²) in [6.45, 7) is 4.20. The SMILES string of the molecule is CCCC1CCC(CCCOC2=CC=C(c3ccc(CC)cc3)C(F)(F)C2(F)F)CC1. The third kappa shape index (κ3) is 5.35. The second-order valence-corrected chi connectivity index (χ2v) is 8.98. The van der Waals surface area contributed by atoms with Crippen molar-refractivity contribution in [3.8, 4) is 0 Å². The van der Waals surface area contributed by atoms with Gasteiger partial charge in [0, 0.05) is 5.57 Å². The third-order valence-corrected chi connectivity index (χ3v) is 6.79. The average molecular weight is 439 g/mol. The van der Waals surface area contributed by atoms with E-state index in [-0.39, 0.29) is 12.2 Å². The molecule has 0 aromatic heterocycles. The van der Waals surface area contributed by atoms with Gasteiger partial charge in [0.2, 0.25) is 0 Å². The van der Waals surface area contributed by atoms with Gasteiger partial charge >= 0.3 is 11.8 Å². The molecular formula is C26H34F4O. The molecule has 1 saturated carbocycles. The molecule has 0 atom stereocenters. The fraction of sp³-hybridized carbons (Fsp3) is 0.615. The Hall–Kier alpha value is -1.78. The Labute approximate surface area is 183 Å². The van der Waals surface area contributed by atoms with Crippen molar-refractivity contribution in [2.75, 3.05) is 6.61 Å². The highest BCUT2D eigenvalue weighted by atomic mass is 19.3. The molecule has 2 aliphatic rings. The summed E-state index contributed by atoms with van der Waals surface area (Å²) >= 11 is 0. The van der Waals surface area contributed by atoms with E-state index < -0.39 is 23.2 Å². The minimum Gasteiger partial charge on any atom is -0.491 e. The van der Waals surface area contributed by atoms with Crippen molar-refractivity contribution in [2.45, 2.75) is 83.5 Å². The van der Waals surface area contributed by atoms with Gasteiger partial charge in [0.1, 0.15) is 0 Å². The summed E-state index contributed by atoms with van der Waals surface area (Å²) in [4.78, 5) is 0. The summed E-state index contributed by atoms with van der Waals surface area (Å²) in [5.74, 6) is -8.19. The molecule has 0 radical (unpaired) electrons. The lowest BCUT2D eigenvalue weighted by Gasteiger charge is -2.33. The lowest BCUT2D eigenvalue weighted by atomic mass is 9.78. The Kier molecular flexibility index (Phi) is 7.87. The van der Waals surface area contributed by atoms with Crippen LogP contribution in [0.15, 0.2) is 42.2 Å². The van der Waals surface area contributed by atoms with E-state index in [1.807, 2.05) is 6.92 Å². The number of allylic oxidation sites excluding steroid dienone is 4.